The molecule has 1 rings (SSSR count). The van der Waals surface area contributed by atoms with Gasteiger partial charge in [0.05, 0.1) is 0 Å². The monoisotopic (exact) mass is 186 g/mol. The smallest absolute Gasteiger partial charge is 0.348 e. The SMILES string of the molecule is CC[C@@H](CCC(=O)O)CC1OC1=O. The molecule has 2 atom stereocenters. The van der Waals surface area contributed by atoms with Crippen molar-refractivity contribution in [2.45, 2.75) is 38.7 Å². The molecule has 0 aromatic rings. The number of cyclic esters (lactones) is 1. The van der Waals surface area contributed by atoms with E-state index in [1.165, 1.54) is 0 Å². The van der Waals surface area contributed by atoms with Gasteiger partial charge in [-0.25, -0.2) is 4.79 Å². The lowest BCUT2D eigenvalue weighted by Gasteiger charge is -2.09. The van der Waals surface area contributed by atoms with Crippen molar-refractivity contribution in [2.24, 2.45) is 5.92 Å². The number of rotatable bonds is 6. The van der Waals surface area contributed by atoms with Gasteiger partial charge in [-0.1, -0.05) is 13.3 Å². The van der Waals surface area contributed by atoms with Crippen molar-refractivity contribution in [3.05, 3.63) is 0 Å². The Morgan fingerprint density at radius 1 is 1.69 bits per heavy atom. The Labute approximate surface area is 76.9 Å². The fraction of sp³-hybridized carbons (Fsp3) is 0.778. The van der Waals surface area contributed by atoms with Crippen LogP contribution in [0.4, 0.5) is 0 Å². The normalized spacial score (nSPS) is 22.2. The van der Waals surface area contributed by atoms with Crippen LogP contribution in [0.2, 0.25) is 0 Å². The topological polar surface area (TPSA) is 66.9 Å². The molecule has 1 fully saturated rings. The molecule has 0 amide bonds. The molecule has 0 bridgehead atoms. The number of hydrogen-bond acceptors (Lipinski definition) is 3. The van der Waals surface area contributed by atoms with Gasteiger partial charge in [-0.05, 0) is 18.8 Å². The molecule has 1 heterocycles. The maximum atomic E-state index is 10.5. The minimum Gasteiger partial charge on any atom is -0.481 e. The fourth-order valence-electron chi connectivity index (χ4n) is 1.37. The summed E-state index contributed by atoms with van der Waals surface area (Å²) >= 11 is 0. The van der Waals surface area contributed by atoms with Crippen LogP contribution in [0.25, 0.3) is 0 Å². The van der Waals surface area contributed by atoms with Gasteiger partial charge in [-0.15, -0.1) is 0 Å². The summed E-state index contributed by atoms with van der Waals surface area (Å²) in [5.41, 5.74) is 0. The predicted molar refractivity (Wildman–Crippen MR) is 45.1 cm³/mol. The number of ether oxygens (including phenoxy) is 1. The van der Waals surface area contributed by atoms with Crippen molar-refractivity contribution < 1.29 is 19.4 Å². The van der Waals surface area contributed by atoms with Crippen molar-refractivity contribution in [1.29, 1.82) is 0 Å². The van der Waals surface area contributed by atoms with Crippen LogP contribution in [0.1, 0.15) is 32.6 Å². The number of carbonyl (C=O) groups is 2. The molecule has 0 aliphatic carbocycles. The summed E-state index contributed by atoms with van der Waals surface area (Å²) in [5.74, 6) is -0.622. The van der Waals surface area contributed by atoms with Crippen LogP contribution >= 0.6 is 0 Å². The van der Waals surface area contributed by atoms with Crippen LogP contribution < -0.4 is 0 Å². The van der Waals surface area contributed by atoms with E-state index in [0.717, 1.165) is 6.42 Å². The molecule has 0 aromatic carbocycles. The number of aliphatic carboxylic acids is 1. The standard InChI is InChI=1S/C9H14O4/c1-2-6(3-4-8(10)11)5-7-9(12)13-7/h6-7H,2-5H2,1H3,(H,10,11)/t6-,7?/m0/s1. The molecule has 0 saturated carbocycles. The Hall–Kier alpha value is -1.06. The molecule has 0 spiro atoms. The van der Waals surface area contributed by atoms with Gasteiger partial charge >= 0.3 is 11.9 Å². The molecule has 1 aliphatic rings. The second-order valence-electron chi connectivity index (χ2n) is 3.37. The van der Waals surface area contributed by atoms with E-state index in [4.69, 9.17) is 5.11 Å². The van der Waals surface area contributed by atoms with Gasteiger partial charge in [0.15, 0.2) is 6.10 Å². The maximum absolute atomic E-state index is 10.5. The van der Waals surface area contributed by atoms with E-state index in [9.17, 15) is 9.59 Å². The lowest BCUT2D eigenvalue weighted by molar-refractivity contribution is -0.137. The van der Waals surface area contributed by atoms with Gasteiger partial charge < -0.3 is 9.84 Å². The highest BCUT2D eigenvalue weighted by Gasteiger charge is 2.39. The highest BCUT2D eigenvalue weighted by Crippen LogP contribution is 2.26. The quantitative estimate of drug-likeness (QED) is 0.633. The third kappa shape index (κ3) is 3.44. The van der Waals surface area contributed by atoms with Crippen molar-refractivity contribution in [2.75, 3.05) is 0 Å². The maximum Gasteiger partial charge on any atom is 0.348 e. The lowest BCUT2D eigenvalue weighted by Crippen LogP contribution is -2.06. The van der Waals surface area contributed by atoms with E-state index in [1.807, 2.05) is 6.92 Å². The van der Waals surface area contributed by atoms with E-state index in [2.05, 4.69) is 4.74 Å². The van der Waals surface area contributed by atoms with Crippen LogP contribution in [-0.2, 0) is 14.3 Å². The summed E-state index contributed by atoms with van der Waals surface area (Å²) in [5, 5.41) is 8.46. The minimum absolute atomic E-state index is 0.145. The highest BCUT2D eigenvalue weighted by atomic mass is 16.6. The molecule has 13 heavy (non-hydrogen) atoms. The molecule has 4 heteroatoms. The first-order valence-corrected chi connectivity index (χ1v) is 4.55. The molecule has 4 nitrogen and oxygen atoms in total. The molecule has 0 radical (unpaired) electrons. The molecular formula is C9H14O4. The Morgan fingerprint density at radius 3 is 2.69 bits per heavy atom. The Morgan fingerprint density at radius 2 is 2.31 bits per heavy atom. The zero-order chi connectivity index (χ0) is 9.84. The van der Waals surface area contributed by atoms with Crippen LogP contribution in [0.3, 0.4) is 0 Å². The second-order valence-corrected chi connectivity index (χ2v) is 3.37. The van der Waals surface area contributed by atoms with Gasteiger partial charge in [0.25, 0.3) is 0 Å². The van der Waals surface area contributed by atoms with Crippen LogP contribution in [0, 0.1) is 5.92 Å². The van der Waals surface area contributed by atoms with E-state index in [1.54, 1.807) is 0 Å². The van der Waals surface area contributed by atoms with Gasteiger partial charge in [0.2, 0.25) is 0 Å². The summed E-state index contributed by atoms with van der Waals surface area (Å²) in [6.07, 6.45) is 2.17. The van der Waals surface area contributed by atoms with Crippen molar-refractivity contribution in [1.82, 2.24) is 0 Å². The molecular weight excluding hydrogens is 172 g/mol. The Bertz CT molecular complexity index is 212. The average molecular weight is 186 g/mol. The summed E-state index contributed by atoms with van der Waals surface area (Å²) < 4.78 is 4.67. The minimum atomic E-state index is -0.776. The highest BCUT2D eigenvalue weighted by molar-refractivity contribution is 5.87. The van der Waals surface area contributed by atoms with Crippen LogP contribution in [0.5, 0.6) is 0 Å². The first-order chi connectivity index (χ1) is 6.13. The largest absolute Gasteiger partial charge is 0.481 e. The average Bonchev–Trinajstić information content (AvgIpc) is 2.75. The number of epoxide rings is 1. The number of carbonyl (C=O) groups excluding carboxylic acids is 1. The van der Waals surface area contributed by atoms with E-state index < -0.39 is 5.97 Å². The number of carboxylic acids is 1. The number of carboxylic acid groups (broad SMARTS) is 1. The second kappa shape index (κ2) is 4.25. The predicted octanol–water partition coefficient (Wildman–Crippen LogP) is 1.19. The fourth-order valence-corrected chi connectivity index (χ4v) is 1.37. The van der Waals surface area contributed by atoms with E-state index in [-0.39, 0.29) is 18.5 Å². The van der Waals surface area contributed by atoms with Crippen molar-refractivity contribution in [3.8, 4) is 0 Å². The third-order valence-corrected chi connectivity index (χ3v) is 2.36. The van der Waals surface area contributed by atoms with Crippen molar-refractivity contribution in [3.63, 3.8) is 0 Å². The summed E-state index contributed by atoms with van der Waals surface area (Å²) in [6, 6.07) is 0. The van der Waals surface area contributed by atoms with Crippen LogP contribution in [-0.4, -0.2) is 23.1 Å². The molecule has 74 valence electrons. The number of hydrogen-bond donors (Lipinski definition) is 1. The molecule has 1 aliphatic heterocycles. The van der Waals surface area contributed by atoms with Gasteiger partial charge in [0, 0.05) is 6.42 Å². The summed E-state index contributed by atoms with van der Waals surface area (Å²) in [6.45, 7) is 2.00. The lowest BCUT2D eigenvalue weighted by atomic mass is 9.95. The summed E-state index contributed by atoms with van der Waals surface area (Å²) in [7, 11) is 0. The van der Waals surface area contributed by atoms with E-state index >= 15 is 0 Å². The third-order valence-electron chi connectivity index (χ3n) is 2.36. The zero-order valence-corrected chi connectivity index (χ0v) is 7.66. The first-order valence-electron chi connectivity index (χ1n) is 4.55. The summed E-state index contributed by atoms with van der Waals surface area (Å²) in [4.78, 5) is 20.8. The molecule has 0 aromatic heterocycles. The molecule has 1 unspecified atom stereocenters. The van der Waals surface area contributed by atoms with E-state index in [0.29, 0.717) is 18.8 Å². The van der Waals surface area contributed by atoms with Gasteiger partial charge in [-0.2, -0.15) is 0 Å². The van der Waals surface area contributed by atoms with Crippen molar-refractivity contribution >= 4 is 11.9 Å². The molecule has 1 N–H and O–H groups in total. The van der Waals surface area contributed by atoms with Crippen LogP contribution in [0.15, 0.2) is 0 Å². The Balaban J connectivity index is 2.18. The van der Waals surface area contributed by atoms with Gasteiger partial charge in [-0.3, -0.25) is 4.79 Å². The first kappa shape index (κ1) is 10.0. The molecule has 1 saturated heterocycles. The Kier molecular flexibility index (Phi) is 3.28. The van der Waals surface area contributed by atoms with Gasteiger partial charge in [0.1, 0.15) is 0 Å². The zero-order valence-electron chi connectivity index (χ0n) is 7.66.